The van der Waals surface area contributed by atoms with Crippen LogP contribution in [0.4, 0.5) is 0 Å². The maximum atomic E-state index is 11.3. The van der Waals surface area contributed by atoms with Gasteiger partial charge in [0.2, 0.25) is 0 Å². The zero-order valence-electron chi connectivity index (χ0n) is 13.8. The molecule has 0 aromatic rings. The largest absolute Gasteiger partial charge is 0.466 e. The fourth-order valence-corrected chi connectivity index (χ4v) is 3.92. The Bertz CT molecular complexity index is 310. The molecular weight excluding hydrogens is 264 g/mol. The van der Waals surface area contributed by atoms with Crippen LogP contribution in [-0.2, 0) is 9.53 Å². The van der Waals surface area contributed by atoms with E-state index in [1.54, 1.807) is 0 Å². The van der Waals surface area contributed by atoms with Gasteiger partial charge in [0.15, 0.2) is 0 Å². The molecule has 4 heteroatoms. The molecule has 2 atom stereocenters. The summed E-state index contributed by atoms with van der Waals surface area (Å²) in [5.41, 5.74) is 0. The molecule has 0 aromatic heterocycles. The van der Waals surface area contributed by atoms with Crippen LogP contribution >= 0.6 is 0 Å². The van der Waals surface area contributed by atoms with E-state index in [0.717, 1.165) is 37.5 Å². The third kappa shape index (κ3) is 5.26. The zero-order valence-corrected chi connectivity index (χ0v) is 13.8. The third-order valence-corrected chi connectivity index (χ3v) is 5.00. The van der Waals surface area contributed by atoms with Gasteiger partial charge in [0.25, 0.3) is 0 Å². The third-order valence-electron chi connectivity index (χ3n) is 5.00. The first-order chi connectivity index (χ1) is 10.2. The van der Waals surface area contributed by atoms with Gasteiger partial charge in [0.1, 0.15) is 0 Å². The van der Waals surface area contributed by atoms with Crippen LogP contribution in [0.25, 0.3) is 0 Å². The molecule has 2 fully saturated rings. The van der Waals surface area contributed by atoms with E-state index in [2.05, 4.69) is 17.1 Å². The van der Waals surface area contributed by atoms with Gasteiger partial charge in [-0.15, -0.1) is 0 Å². The second kappa shape index (κ2) is 8.74. The van der Waals surface area contributed by atoms with E-state index in [9.17, 15) is 4.79 Å². The molecule has 0 aromatic carbocycles. The maximum absolute atomic E-state index is 11.3. The molecule has 2 unspecified atom stereocenters. The van der Waals surface area contributed by atoms with E-state index < -0.39 is 0 Å². The number of hydrogen-bond donors (Lipinski definition) is 1. The second-order valence-electron chi connectivity index (χ2n) is 6.51. The van der Waals surface area contributed by atoms with Gasteiger partial charge in [-0.2, -0.15) is 0 Å². The molecule has 0 aliphatic carbocycles. The summed E-state index contributed by atoms with van der Waals surface area (Å²) in [5.74, 6) is -0.0419. The Labute approximate surface area is 129 Å². The van der Waals surface area contributed by atoms with E-state index in [1.807, 2.05) is 6.92 Å². The highest BCUT2D eigenvalue weighted by Gasteiger charge is 2.35. The Morgan fingerprint density at radius 1 is 1.14 bits per heavy atom. The molecule has 0 saturated carbocycles. The summed E-state index contributed by atoms with van der Waals surface area (Å²) in [6.07, 6.45) is 9.28. The van der Waals surface area contributed by atoms with Crippen LogP contribution < -0.4 is 5.32 Å². The normalized spacial score (nSPS) is 28.0. The Balaban J connectivity index is 1.60. The van der Waals surface area contributed by atoms with Crippen molar-refractivity contribution >= 4 is 5.97 Å². The molecule has 2 bridgehead atoms. The van der Waals surface area contributed by atoms with Gasteiger partial charge in [-0.1, -0.05) is 13.3 Å². The van der Waals surface area contributed by atoms with E-state index in [0.29, 0.717) is 13.0 Å². The van der Waals surface area contributed by atoms with Crippen molar-refractivity contribution in [3.8, 4) is 0 Å². The Hall–Kier alpha value is -0.610. The fraction of sp³-hybridized carbons (Fsp3) is 0.941. The summed E-state index contributed by atoms with van der Waals surface area (Å²) < 4.78 is 4.96. The van der Waals surface area contributed by atoms with Crippen LogP contribution in [0.1, 0.15) is 65.2 Å². The van der Waals surface area contributed by atoms with Crippen molar-refractivity contribution < 1.29 is 9.53 Å². The molecule has 0 amide bonds. The minimum atomic E-state index is -0.0419. The van der Waals surface area contributed by atoms with Gasteiger partial charge in [-0.3, -0.25) is 4.79 Å². The number of hydrogen-bond acceptors (Lipinski definition) is 4. The molecule has 2 saturated heterocycles. The summed E-state index contributed by atoms with van der Waals surface area (Å²) in [7, 11) is 0. The highest BCUT2D eigenvalue weighted by molar-refractivity contribution is 5.69. The van der Waals surface area contributed by atoms with Gasteiger partial charge in [0, 0.05) is 24.5 Å². The van der Waals surface area contributed by atoms with E-state index in [-0.39, 0.29) is 5.97 Å². The highest BCUT2D eigenvalue weighted by Crippen LogP contribution is 2.29. The van der Waals surface area contributed by atoms with Gasteiger partial charge >= 0.3 is 5.97 Å². The van der Waals surface area contributed by atoms with Crippen molar-refractivity contribution in [1.82, 2.24) is 10.2 Å². The number of nitrogens with one attached hydrogen (secondary N) is 1. The van der Waals surface area contributed by atoms with Gasteiger partial charge in [0.05, 0.1) is 6.61 Å². The Morgan fingerprint density at radius 3 is 2.48 bits per heavy atom. The maximum Gasteiger partial charge on any atom is 0.305 e. The molecule has 2 rings (SSSR count). The smallest absolute Gasteiger partial charge is 0.305 e. The summed E-state index contributed by atoms with van der Waals surface area (Å²) >= 11 is 0. The highest BCUT2D eigenvalue weighted by atomic mass is 16.5. The van der Waals surface area contributed by atoms with Gasteiger partial charge < -0.3 is 15.0 Å². The zero-order chi connectivity index (χ0) is 15.1. The number of rotatable bonds is 9. The average Bonchev–Trinajstić information content (AvgIpc) is 2.81. The van der Waals surface area contributed by atoms with Crippen LogP contribution in [0.15, 0.2) is 0 Å². The van der Waals surface area contributed by atoms with Crippen molar-refractivity contribution in [3.63, 3.8) is 0 Å². The van der Waals surface area contributed by atoms with Crippen LogP contribution in [0, 0.1) is 0 Å². The lowest BCUT2D eigenvalue weighted by Crippen LogP contribution is -2.48. The number of carbonyl (C=O) groups is 1. The SMILES string of the molecule is CCOC(=O)CCCCCN(CC)C1CC2CCC(C1)N2. The van der Waals surface area contributed by atoms with Crippen molar-refractivity contribution in [2.45, 2.75) is 83.3 Å². The van der Waals surface area contributed by atoms with Gasteiger partial charge in [-0.25, -0.2) is 0 Å². The Morgan fingerprint density at radius 2 is 1.86 bits per heavy atom. The molecule has 0 radical (unpaired) electrons. The number of nitrogens with zero attached hydrogens (tertiary/aromatic N) is 1. The van der Waals surface area contributed by atoms with Crippen LogP contribution in [0.5, 0.6) is 0 Å². The molecule has 4 nitrogen and oxygen atoms in total. The first-order valence-corrected chi connectivity index (χ1v) is 8.88. The average molecular weight is 296 g/mol. The second-order valence-corrected chi connectivity index (χ2v) is 6.51. The monoisotopic (exact) mass is 296 g/mol. The molecule has 1 N–H and O–H groups in total. The minimum absolute atomic E-state index is 0.0419. The lowest BCUT2D eigenvalue weighted by Gasteiger charge is -2.37. The summed E-state index contributed by atoms with van der Waals surface area (Å²) in [6, 6.07) is 2.32. The molecule has 21 heavy (non-hydrogen) atoms. The molecule has 2 aliphatic heterocycles. The number of carbonyl (C=O) groups excluding carboxylic acids is 1. The fourth-order valence-electron chi connectivity index (χ4n) is 3.92. The minimum Gasteiger partial charge on any atom is -0.466 e. The molecule has 2 aliphatic rings. The number of esters is 1. The van der Waals surface area contributed by atoms with Crippen molar-refractivity contribution in [3.05, 3.63) is 0 Å². The number of piperidine rings is 1. The van der Waals surface area contributed by atoms with Crippen LogP contribution in [-0.4, -0.2) is 48.7 Å². The first-order valence-electron chi connectivity index (χ1n) is 8.88. The predicted molar refractivity (Wildman–Crippen MR) is 85.3 cm³/mol. The predicted octanol–water partition coefficient (Wildman–Crippen LogP) is 2.71. The first kappa shape index (κ1) is 16.8. The van der Waals surface area contributed by atoms with E-state index in [4.69, 9.17) is 4.74 Å². The summed E-state index contributed by atoms with van der Waals surface area (Å²) in [5, 5.41) is 3.72. The topological polar surface area (TPSA) is 41.6 Å². The molecule has 122 valence electrons. The van der Waals surface area contributed by atoms with Crippen molar-refractivity contribution in [2.24, 2.45) is 0 Å². The van der Waals surface area contributed by atoms with Gasteiger partial charge in [-0.05, 0) is 58.5 Å². The number of ether oxygens (including phenoxy) is 1. The molecule has 2 heterocycles. The van der Waals surface area contributed by atoms with Crippen LogP contribution in [0.2, 0.25) is 0 Å². The molecule has 0 spiro atoms. The van der Waals surface area contributed by atoms with E-state index >= 15 is 0 Å². The lowest BCUT2D eigenvalue weighted by atomic mass is 9.98. The summed E-state index contributed by atoms with van der Waals surface area (Å²) in [6.45, 7) is 6.98. The van der Waals surface area contributed by atoms with Crippen molar-refractivity contribution in [2.75, 3.05) is 19.7 Å². The van der Waals surface area contributed by atoms with E-state index in [1.165, 1.54) is 38.6 Å². The quantitative estimate of drug-likeness (QED) is 0.525. The Kier molecular flexibility index (Phi) is 6.97. The standard InChI is InChI=1S/C17H32N2O2/c1-3-19(11-7-5-6-8-17(20)21-4-2)16-12-14-9-10-15(13-16)18-14/h14-16,18H,3-13H2,1-2H3. The summed E-state index contributed by atoms with van der Waals surface area (Å²) in [4.78, 5) is 13.9. The van der Waals surface area contributed by atoms with Crippen molar-refractivity contribution in [1.29, 1.82) is 0 Å². The number of unbranched alkanes of at least 4 members (excludes halogenated alkanes) is 2. The molecular formula is C17H32N2O2. The lowest BCUT2D eigenvalue weighted by molar-refractivity contribution is -0.143. The number of fused-ring (bicyclic) bond motifs is 2. The van der Waals surface area contributed by atoms with Crippen LogP contribution in [0.3, 0.4) is 0 Å².